The van der Waals surface area contributed by atoms with Crippen LogP contribution >= 0.6 is 11.6 Å². The molecule has 1 N–H and O–H groups in total. The molecule has 1 fully saturated rings. The van der Waals surface area contributed by atoms with Crippen molar-refractivity contribution < 1.29 is 23.1 Å². The molecule has 0 aliphatic carbocycles. The molecule has 1 aliphatic rings. The molecule has 1 saturated heterocycles. The Kier molecular flexibility index (Phi) is 5.76. The molecule has 1 heterocycles. The van der Waals surface area contributed by atoms with Crippen LogP contribution in [0.25, 0.3) is 0 Å². The van der Waals surface area contributed by atoms with Gasteiger partial charge in [0.05, 0.1) is 13.2 Å². The highest BCUT2D eigenvalue weighted by Crippen LogP contribution is 2.16. The van der Waals surface area contributed by atoms with Crippen molar-refractivity contribution in [2.75, 3.05) is 32.8 Å². The number of halogens is 1. The predicted octanol–water partition coefficient (Wildman–Crippen LogP) is 0.804. The summed E-state index contributed by atoms with van der Waals surface area (Å²) in [5.74, 6) is -1.20. The first-order valence-electron chi connectivity index (χ1n) is 6.69. The summed E-state index contributed by atoms with van der Waals surface area (Å²) in [5.41, 5.74) is 0.669. The first-order chi connectivity index (χ1) is 10.4. The van der Waals surface area contributed by atoms with E-state index in [4.69, 9.17) is 21.4 Å². The molecule has 122 valence electrons. The minimum Gasteiger partial charge on any atom is -0.480 e. The number of rotatable bonds is 6. The number of hydrogen-bond donors (Lipinski definition) is 1. The van der Waals surface area contributed by atoms with E-state index in [9.17, 15) is 13.2 Å². The van der Waals surface area contributed by atoms with Crippen molar-refractivity contribution in [3.8, 4) is 0 Å². The topological polar surface area (TPSA) is 87.2 Å². The Morgan fingerprint density at radius 2 is 1.86 bits per heavy atom. The molecule has 0 aromatic heterocycles. The van der Waals surface area contributed by atoms with E-state index in [1.54, 1.807) is 24.3 Å². The number of aliphatic carboxylic acids is 1. The second-order valence-corrected chi connectivity index (χ2v) is 7.17. The Hall–Kier alpha value is -1.19. The summed E-state index contributed by atoms with van der Waals surface area (Å²) >= 11 is 5.80. The predicted molar refractivity (Wildman–Crippen MR) is 80.8 cm³/mol. The minimum atomic E-state index is -3.85. The van der Waals surface area contributed by atoms with Gasteiger partial charge in [0.1, 0.15) is 6.54 Å². The fourth-order valence-electron chi connectivity index (χ4n) is 2.10. The van der Waals surface area contributed by atoms with Crippen molar-refractivity contribution in [2.45, 2.75) is 6.54 Å². The summed E-state index contributed by atoms with van der Waals surface area (Å²) in [6.45, 7) is 0.436. The monoisotopic (exact) mass is 348 g/mol. The van der Waals surface area contributed by atoms with Crippen LogP contribution in [-0.2, 0) is 26.3 Å². The van der Waals surface area contributed by atoms with E-state index in [0.29, 0.717) is 23.8 Å². The van der Waals surface area contributed by atoms with Crippen LogP contribution in [-0.4, -0.2) is 61.0 Å². The van der Waals surface area contributed by atoms with Gasteiger partial charge in [0, 0.05) is 24.7 Å². The first kappa shape index (κ1) is 17.2. The van der Waals surface area contributed by atoms with Crippen LogP contribution in [0.2, 0.25) is 5.02 Å². The molecular formula is C13H17ClN2O5S. The van der Waals surface area contributed by atoms with E-state index in [1.165, 1.54) is 4.31 Å². The van der Waals surface area contributed by atoms with Crippen molar-refractivity contribution in [2.24, 2.45) is 0 Å². The standard InChI is InChI=1S/C13H17ClN2O5S/c14-12-3-1-11(2-4-12)9-16(10-13(17)18)22(19,20)15-5-7-21-8-6-15/h1-4H,5-10H2,(H,17,18). The van der Waals surface area contributed by atoms with Crippen molar-refractivity contribution in [3.63, 3.8) is 0 Å². The molecule has 2 rings (SSSR count). The maximum Gasteiger partial charge on any atom is 0.318 e. The van der Waals surface area contributed by atoms with Crippen LogP contribution in [0.5, 0.6) is 0 Å². The maximum atomic E-state index is 12.6. The summed E-state index contributed by atoms with van der Waals surface area (Å²) < 4.78 is 32.5. The number of carbonyl (C=O) groups is 1. The summed E-state index contributed by atoms with van der Waals surface area (Å²) in [7, 11) is -3.85. The van der Waals surface area contributed by atoms with Gasteiger partial charge in [-0.15, -0.1) is 0 Å². The highest BCUT2D eigenvalue weighted by atomic mass is 35.5. The summed E-state index contributed by atoms with van der Waals surface area (Å²) in [6.07, 6.45) is 0. The van der Waals surface area contributed by atoms with Gasteiger partial charge in [0.15, 0.2) is 0 Å². The molecule has 0 bridgehead atoms. The van der Waals surface area contributed by atoms with Gasteiger partial charge in [-0.05, 0) is 17.7 Å². The zero-order valence-corrected chi connectivity index (χ0v) is 13.4. The molecule has 0 saturated carbocycles. The van der Waals surface area contributed by atoms with Gasteiger partial charge in [-0.2, -0.15) is 17.0 Å². The van der Waals surface area contributed by atoms with Crippen molar-refractivity contribution in [3.05, 3.63) is 34.9 Å². The molecule has 22 heavy (non-hydrogen) atoms. The number of ether oxygens (including phenoxy) is 1. The second-order valence-electron chi connectivity index (χ2n) is 4.81. The van der Waals surface area contributed by atoms with Gasteiger partial charge in [-0.1, -0.05) is 23.7 Å². The number of morpholine rings is 1. The molecule has 7 nitrogen and oxygen atoms in total. The largest absolute Gasteiger partial charge is 0.480 e. The molecule has 0 radical (unpaired) electrons. The third kappa shape index (κ3) is 4.40. The molecule has 1 aromatic rings. The Balaban J connectivity index is 2.20. The number of hydrogen-bond acceptors (Lipinski definition) is 4. The number of carboxylic acid groups (broad SMARTS) is 1. The third-order valence-corrected chi connectivity index (χ3v) is 5.39. The molecule has 9 heteroatoms. The Morgan fingerprint density at radius 3 is 2.41 bits per heavy atom. The number of nitrogens with zero attached hydrogens (tertiary/aromatic N) is 2. The fraction of sp³-hybridized carbons (Fsp3) is 0.462. The third-order valence-electron chi connectivity index (χ3n) is 3.21. The van der Waals surface area contributed by atoms with Crippen LogP contribution in [0.15, 0.2) is 24.3 Å². The van der Waals surface area contributed by atoms with Crippen LogP contribution in [0.3, 0.4) is 0 Å². The van der Waals surface area contributed by atoms with Crippen LogP contribution < -0.4 is 0 Å². The quantitative estimate of drug-likeness (QED) is 0.821. The lowest BCUT2D eigenvalue weighted by Crippen LogP contribution is -2.49. The van der Waals surface area contributed by atoms with E-state index < -0.39 is 22.7 Å². The minimum absolute atomic E-state index is 0.0246. The normalized spacial score (nSPS) is 16.8. The highest BCUT2D eigenvalue weighted by molar-refractivity contribution is 7.86. The van der Waals surface area contributed by atoms with Gasteiger partial charge < -0.3 is 9.84 Å². The molecular weight excluding hydrogens is 332 g/mol. The van der Waals surface area contributed by atoms with Gasteiger partial charge in [-0.25, -0.2) is 0 Å². The first-order valence-corrected chi connectivity index (χ1v) is 8.46. The summed E-state index contributed by atoms with van der Waals surface area (Å²) in [5, 5.41) is 9.53. The Bertz CT molecular complexity index is 614. The lowest BCUT2D eigenvalue weighted by Gasteiger charge is -2.31. The molecule has 0 atom stereocenters. The van der Waals surface area contributed by atoms with Crippen LogP contribution in [0, 0.1) is 0 Å². The molecule has 0 amide bonds. The maximum absolute atomic E-state index is 12.6. The van der Waals surface area contributed by atoms with Gasteiger partial charge in [0.25, 0.3) is 10.2 Å². The van der Waals surface area contributed by atoms with E-state index in [0.717, 1.165) is 4.31 Å². The summed E-state index contributed by atoms with van der Waals surface area (Å²) in [6, 6.07) is 6.62. The average molecular weight is 349 g/mol. The summed E-state index contributed by atoms with van der Waals surface area (Å²) in [4.78, 5) is 11.0. The SMILES string of the molecule is O=C(O)CN(Cc1ccc(Cl)cc1)S(=O)(=O)N1CCOCC1. The number of carboxylic acids is 1. The lowest BCUT2D eigenvalue weighted by molar-refractivity contribution is -0.137. The van der Waals surface area contributed by atoms with Crippen molar-refractivity contribution >= 4 is 27.8 Å². The Morgan fingerprint density at radius 1 is 1.27 bits per heavy atom. The van der Waals surface area contributed by atoms with Crippen LogP contribution in [0.1, 0.15) is 5.56 Å². The van der Waals surface area contributed by atoms with Crippen LogP contribution in [0.4, 0.5) is 0 Å². The second kappa shape index (κ2) is 7.38. The van der Waals surface area contributed by atoms with Gasteiger partial charge >= 0.3 is 5.97 Å². The molecule has 0 spiro atoms. The van der Waals surface area contributed by atoms with E-state index in [-0.39, 0.29) is 19.6 Å². The van der Waals surface area contributed by atoms with Crippen molar-refractivity contribution in [1.82, 2.24) is 8.61 Å². The Labute approximate surface area is 134 Å². The van der Waals surface area contributed by atoms with Gasteiger partial charge in [0.2, 0.25) is 0 Å². The van der Waals surface area contributed by atoms with E-state index in [1.807, 2.05) is 0 Å². The lowest BCUT2D eigenvalue weighted by atomic mass is 10.2. The smallest absolute Gasteiger partial charge is 0.318 e. The molecule has 1 aromatic carbocycles. The average Bonchev–Trinajstić information content (AvgIpc) is 2.49. The molecule has 0 unspecified atom stereocenters. The van der Waals surface area contributed by atoms with Crippen molar-refractivity contribution in [1.29, 1.82) is 0 Å². The zero-order chi connectivity index (χ0) is 16.2. The fourth-order valence-corrected chi connectivity index (χ4v) is 3.75. The van der Waals surface area contributed by atoms with Gasteiger partial charge in [-0.3, -0.25) is 4.79 Å². The number of benzene rings is 1. The van der Waals surface area contributed by atoms with E-state index >= 15 is 0 Å². The zero-order valence-electron chi connectivity index (χ0n) is 11.8. The van der Waals surface area contributed by atoms with E-state index in [2.05, 4.69) is 0 Å². The molecule has 1 aliphatic heterocycles. The highest BCUT2D eigenvalue weighted by Gasteiger charge is 2.32.